The minimum Gasteiger partial charge on any atom is -0.309 e. The van der Waals surface area contributed by atoms with E-state index in [0.29, 0.717) is 11.6 Å². The van der Waals surface area contributed by atoms with Crippen molar-refractivity contribution in [1.82, 2.24) is 14.8 Å². The van der Waals surface area contributed by atoms with Gasteiger partial charge >= 0.3 is 0 Å². The minimum absolute atomic E-state index is 0.200. The molecule has 0 aliphatic rings. The number of amides is 1. The van der Waals surface area contributed by atoms with Gasteiger partial charge in [-0.05, 0) is 29.8 Å². The summed E-state index contributed by atoms with van der Waals surface area (Å²) in [6.07, 6.45) is 3.23. The molecule has 0 spiro atoms. The zero-order valence-corrected chi connectivity index (χ0v) is 14.1. The molecule has 1 N–H and O–H groups in total. The molecular weight excluding hydrogens is 370 g/mol. The summed E-state index contributed by atoms with van der Waals surface area (Å²) < 4.78 is 2.39. The molecule has 0 aliphatic carbocycles. The number of nitrogens with one attached hydrogen (secondary N) is 1. The Labute approximate surface area is 146 Å². The average molecular weight is 382 g/mol. The summed E-state index contributed by atoms with van der Waals surface area (Å²) in [6.45, 7) is 0. The smallest absolute Gasteiger partial charge is 0.229 e. The second-order valence-electron chi connectivity index (χ2n) is 4.97. The summed E-state index contributed by atoms with van der Waals surface area (Å²) in [7, 11) is 0. The molecule has 2 aromatic heterocycles. The first-order valence-corrected chi connectivity index (χ1v) is 7.90. The Morgan fingerprint density at radius 2 is 2.04 bits per heavy atom. The van der Waals surface area contributed by atoms with Crippen molar-refractivity contribution >= 4 is 27.7 Å². The van der Waals surface area contributed by atoms with Gasteiger partial charge in [0.2, 0.25) is 5.91 Å². The van der Waals surface area contributed by atoms with Crippen LogP contribution in [-0.2, 0) is 11.2 Å². The zero-order chi connectivity index (χ0) is 16.9. The maximum atomic E-state index is 12.3. The maximum Gasteiger partial charge on any atom is 0.229 e. The van der Waals surface area contributed by atoms with Crippen LogP contribution < -0.4 is 5.32 Å². The van der Waals surface area contributed by atoms with Gasteiger partial charge < -0.3 is 5.32 Å². The summed E-state index contributed by atoms with van der Waals surface area (Å²) >= 11 is 3.36. The first-order valence-electron chi connectivity index (χ1n) is 7.11. The van der Waals surface area contributed by atoms with Gasteiger partial charge in [-0.2, -0.15) is 15.0 Å². The first-order chi connectivity index (χ1) is 11.7. The van der Waals surface area contributed by atoms with Gasteiger partial charge in [0.05, 0.1) is 12.6 Å². The predicted molar refractivity (Wildman–Crippen MR) is 92.5 cm³/mol. The molecule has 118 valence electrons. The molecule has 24 heavy (non-hydrogen) atoms. The van der Waals surface area contributed by atoms with Crippen molar-refractivity contribution < 1.29 is 4.79 Å². The third-order valence-corrected chi connectivity index (χ3v) is 3.82. The van der Waals surface area contributed by atoms with Crippen molar-refractivity contribution in [3.63, 3.8) is 0 Å². The van der Waals surface area contributed by atoms with Gasteiger partial charge in [-0.1, -0.05) is 34.1 Å². The first kappa shape index (κ1) is 15.9. The molecule has 7 heteroatoms. The quantitative estimate of drug-likeness (QED) is 0.752. The number of hydrogen-bond donors (Lipinski definition) is 1. The van der Waals surface area contributed by atoms with Crippen LogP contribution in [0.15, 0.2) is 59.3 Å². The van der Waals surface area contributed by atoms with Crippen LogP contribution in [0.3, 0.4) is 0 Å². The number of halogens is 1. The molecule has 0 bridgehead atoms. The monoisotopic (exact) mass is 381 g/mol. The highest BCUT2D eigenvalue weighted by atomic mass is 79.9. The topological polar surface area (TPSA) is 83.6 Å². The minimum atomic E-state index is -0.230. The van der Waals surface area contributed by atoms with Gasteiger partial charge in [-0.25, -0.2) is 4.98 Å². The third kappa shape index (κ3) is 3.50. The Morgan fingerprint density at radius 3 is 2.71 bits per heavy atom. The van der Waals surface area contributed by atoms with Gasteiger partial charge in [0.15, 0.2) is 11.6 Å². The van der Waals surface area contributed by atoms with E-state index in [1.807, 2.05) is 36.4 Å². The van der Waals surface area contributed by atoms with E-state index >= 15 is 0 Å². The summed E-state index contributed by atoms with van der Waals surface area (Å²) in [6, 6.07) is 14.9. The number of rotatable bonds is 4. The molecule has 0 fully saturated rings. The molecule has 0 aliphatic heterocycles. The molecule has 0 saturated carbocycles. The van der Waals surface area contributed by atoms with Crippen molar-refractivity contribution in [2.24, 2.45) is 0 Å². The van der Waals surface area contributed by atoms with Crippen LogP contribution >= 0.6 is 15.9 Å². The largest absolute Gasteiger partial charge is 0.309 e. The van der Waals surface area contributed by atoms with Crippen LogP contribution in [0.2, 0.25) is 0 Å². The zero-order valence-electron chi connectivity index (χ0n) is 12.5. The van der Waals surface area contributed by atoms with Crippen molar-refractivity contribution in [2.75, 3.05) is 5.32 Å². The van der Waals surface area contributed by atoms with E-state index in [-0.39, 0.29) is 17.9 Å². The van der Waals surface area contributed by atoms with Gasteiger partial charge in [0.1, 0.15) is 11.6 Å². The molecule has 1 aromatic carbocycles. The fourth-order valence-electron chi connectivity index (χ4n) is 2.17. The lowest BCUT2D eigenvalue weighted by molar-refractivity contribution is -0.115. The second kappa shape index (κ2) is 7.06. The van der Waals surface area contributed by atoms with Crippen LogP contribution in [0, 0.1) is 11.3 Å². The van der Waals surface area contributed by atoms with Crippen LogP contribution in [0.4, 0.5) is 5.82 Å². The standard InChI is InChI=1S/C17H12BrN5O/c18-14-6-4-12(5-7-14)9-16(24)22-17-13(10-19)11-21-23(17)15-3-1-2-8-20-15/h1-8,11H,9H2,(H,22,24). The van der Waals surface area contributed by atoms with Gasteiger partial charge in [-0.3, -0.25) is 4.79 Å². The molecular formula is C17H12BrN5O. The molecule has 1 amide bonds. The van der Waals surface area contributed by atoms with Crippen LogP contribution in [-0.4, -0.2) is 20.7 Å². The number of hydrogen-bond acceptors (Lipinski definition) is 4. The molecule has 2 heterocycles. The van der Waals surface area contributed by atoms with Crippen LogP contribution in [0.25, 0.3) is 5.82 Å². The highest BCUT2D eigenvalue weighted by Crippen LogP contribution is 2.19. The summed E-state index contributed by atoms with van der Waals surface area (Å²) in [4.78, 5) is 16.5. The Hall–Kier alpha value is -2.98. The third-order valence-electron chi connectivity index (χ3n) is 3.29. The van der Waals surface area contributed by atoms with E-state index in [4.69, 9.17) is 0 Å². The Bertz CT molecular complexity index is 897. The number of benzene rings is 1. The Balaban J connectivity index is 1.84. The molecule has 0 unspecified atom stereocenters. The van der Waals surface area contributed by atoms with Crippen molar-refractivity contribution in [1.29, 1.82) is 5.26 Å². The predicted octanol–water partition coefficient (Wildman–Crippen LogP) is 3.08. The van der Waals surface area contributed by atoms with Crippen LogP contribution in [0.1, 0.15) is 11.1 Å². The van der Waals surface area contributed by atoms with E-state index in [9.17, 15) is 10.1 Å². The normalized spacial score (nSPS) is 10.2. The number of carbonyl (C=O) groups is 1. The highest BCUT2D eigenvalue weighted by Gasteiger charge is 2.15. The molecule has 3 aromatic rings. The fraction of sp³-hybridized carbons (Fsp3) is 0.0588. The lowest BCUT2D eigenvalue weighted by atomic mass is 10.1. The van der Waals surface area contributed by atoms with E-state index in [2.05, 4.69) is 31.3 Å². The summed E-state index contributed by atoms with van der Waals surface area (Å²) in [5, 5.41) is 16.1. The van der Waals surface area contributed by atoms with Crippen molar-refractivity contribution in [3.8, 4) is 11.9 Å². The highest BCUT2D eigenvalue weighted by molar-refractivity contribution is 9.10. The van der Waals surface area contributed by atoms with E-state index in [0.717, 1.165) is 10.0 Å². The number of carbonyl (C=O) groups excluding carboxylic acids is 1. The molecule has 6 nitrogen and oxygen atoms in total. The maximum absolute atomic E-state index is 12.3. The lowest BCUT2D eigenvalue weighted by Gasteiger charge is -2.09. The van der Waals surface area contributed by atoms with Crippen molar-refractivity contribution in [2.45, 2.75) is 6.42 Å². The number of pyridine rings is 1. The van der Waals surface area contributed by atoms with Crippen LogP contribution in [0.5, 0.6) is 0 Å². The summed E-state index contributed by atoms with van der Waals surface area (Å²) in [5.41, 5.74) is 1.16. The average Bonchev–Trinajstić information content (AvgIpc) is 3.00. The number of aromatic nitrogens is 3. The van der Waals surface area contributed by atoms with Gasteiger partial charge in [0, 0.05) is 10.7 Å². The Morgan fingerprint density at radius 1 is 1.25 bits per heavy atom. The SMILES string of the molecule is N#Cc1cnn(-c2ccccn2)c1NC(=O)Cc1ccc(Br)cc1. The van der Waals surface area contributed by atoms with E-state index < -0.39 is 0 Å². The van der Waals surface area contributed by atoms with Gasteiger partial charge in [-0.15, -0.1) is 0 Å². The van der Waals surface area contributed by atoms with Crippen molar-refractivity contribution in [3.05, 3.63) is 70.5 Å². The lowest BCUT2D eigenvalue weighted by Crippen LogP contribution is -2.18. The molecule has 3 rings (SSSR count). The fourth-order valence-corrected chi connectivity index (χ4v) is 2.43. The number of nitriles is 1. The van der Waals surface area contributed by atoms with E-state index in [1.54, 1.807) is 18.3 Å². The number of nitrogens with zero attached hydrogens (tertiary/aromatic N) is 4. The van der Waals surface area contributed by atoms with E-state index in [1.165, 1.54) is 10.9 Å². The molecule has 0 radical (unpaired) electrons. The number of anilines is 1. The molecule has 0 saturated heterocycles. The molecule has 0 atom stereocenters. The second-order valence-corrected chi connectivity index (χ2v) is 5.89. The van der Waals surface area contributed by atoms with Gasteiger partial charge in [0.25, 0.3) is 0 Å². The Kier molecular flexibility index (Phi) is 4.68. The summed E-state index contributed by atoms with van der Waals surface area (Å²) in [5.74, 6) is 0.614.